The van der Waals surface area contributed by atoms with Gasteiger partial charge in [0.1, 0.15) is 0 Å². The molecule has 1 aliphatic heterocycles. The molecule has 3 aromatic carbocycles. The number of rotatable bonds is 3. The summed E-state index contributed by atoms with van der Waals surface area (Å²) < 4.78 is 7.98. The fourth-order valence-electron chi connectivity index (χ4n) is 2.69. The molecule has 0 saturated carbocycles. The second-order valence-electron chi connectivity index (χ2n) is 5.78. The predicted molar refractivity (Wildman–Crippen MR) is 112 cm³/mol. The smallest absolute Gasteiger partial charge is 0.226 e. The van der Waals surface area contributed by atoms with Crippen LogP contribution < -0.4 is 0 Å². The molecule has 0 spiro atoms. The van der Waals surface area contributed by atoms with Gasteiger partial charge in [-0.25, -0.2) is 9.98 Å². The Balaban J connectivity index is 1.80. The van der Waals surface area contributed by atoms with E-state index in [0.717, 1.165) is 25.6 Å². The number of halogens is 2. The lowest BCUT2D eigenvalue weighted by atomic mass is 10.1. The van der Waals surface area contributed by atoms with E-state index in [4.69, 9.17) is 14.7 Å². The first-order valence-electron chi connectivity index (χ1n) is 8.09. The van der Waals surface area contributed by atoms with Crippen LogP contribution in [0.4, 0.5) is 0 Å². The Kier molecular flexibility index (Phi) is 5.00. The molecule has 1 unspecified atom stereocenters. The molecule has 4 rings (SSSR count). The minimum Gasteiger partial charge on any atom is -0.420 e. The van der Waals surface area contributed by atoms with Gasteiger partial charge in [-0.15, -0.1) is 0 Å². The first-order valence-corrected chi connectivity index (χ1v) is 9.68. The number of nitrogens with zero attached hydrogens (tertiary/aromatic N) is 2. The average Bonchev–Trinajstić information content (AvgIpc) is 2.68. The largest absolute Gasteiger partial charge is 0.420 e. The quantitative estimate of drug-likeness (QED) is 0.454. The Morgan fingerprint density at radius 2 is 1.19 bits per heavy atom. The van der Waals surface area contributed by atoms with Crippen LogP contribution in [0.3, 0.4) is 0 Å². The monoisotopic (exact) mass is 468 g/mol. The van der Waals surface area contributed by atoms with Crippen molar-refractivity contribution in [3.8, 4) is 0 Å². The van der Waals surface area contributed by atoms with Crippen LogP contribution in [0.15, 0.2) is 97.8 Å². The molecule has 1 aliphatic rings. The van der Waals surface area contributed by atoms with E-state index in [9.17, 15) is 0 Å². The van der Waals surface area contributed by atoms with Crippen molar-refractivity contribution in [2.75, 3.05) is 0 Å². The first kappa shape index (κ1) is 17.2. The minimum atomic E-state index is -0.340. The van der Waals surface area contributed by atoms with Crippen LogP contribution in [0.2, 0.25) is 0 Å². The third kappa shape index (κ3) is 3.79. The molecule has 5 heteroatoms. The highest BCUT2D eigenvalue weighted by Gasteiger charge is 2.22. The molecule has 1 atom stereocenters. The number of hydrogen-bond donors (Lipinski definition) is 0. The fourth-order valence-corrected chi connectivity index (χ4v) is 3.99. The highest BCUT2D eigenvalue weighted by molar-refractivity contribution is 9.11. The zero-order valence-corrected chi connectivity index (χ0v) is 16.8. The maximum absolute atomic E-state index is 6.08. The van der Waals surface area contributed by atoms with Crippen molar-refractivity contribution >= 4 is 43.7 Å². The molecule has 0 amide bonds. The zero-order chi connectivity index (χ0) is 17.9. The van der Waals surface area contributed by atoms with Gasteiger partial charge in [0.15, 0.2) is 6.17 Å². The lowest BCUT2D eigenvalue weighted by Crippen LogP contribution is -2.21. The number of aliphatic imine (C=N–C) groups is 2. The van der Waals surface area contributed by atoms with Crippen LogP contribution in [0.25, 0.3) is 0 Å². The third-order valence-electron chi connectivity index (χ3n) is 3.90. The van der Waals surface area contributed by atoms with E-state index >= 15 is 0 Å². The minimum absolute atomic E-state index is 0.340. The second-order valence-corrected chi connectivity index (χ2v) is 7.61. The summed E-state index contributed by atoms with van der Waals surface area (Å²) in [4.78, 5) is 9.47. The van der Waals surface area contributed by atoms with Gasteiger partial charge in [0.25, 0.3) is 0 Å². The fraction of sp³-hybridized carbons (Fsp3) is 0.0476. The van der Waals surface area contributed by atoms with Crippen molar-refractivity contribution in [3.05, 3.63) is 104 Å². The summed E-state index contributed by atoms with van der Waals surface area (Å²) in [6, 6.07) is 25.9. The average molecular weight is 470 g/mol. The lowest BCUT2D eigenvalue weighted by Gasteiger charge is -2.21. The molecular formula is C21H14Br2N2O. The van der Waals surface area contributed by atoms with Gasteiger partial charge in [-0.05, 0) is 35.9 Å². The lowest BCUT2D eigenvalue weighted by molar-refractivity contribution is 0.502. The summed E-state index contributed by atoms with van der Waals surface area (Å²) in [6.45, 7) is 0. The highest BCUT2D eigenvalue weighted by atomic mass is 79.9. The molecule has 0 aromatic heterocycles. The Labute approximate surface area is 168 Å². The van der Waals surface area contributed by atoms with Crippen LogP contribution in [0.5, 0.6) is 0 Å². The summed E-state index contributed by atoms with van der Waals surface area (Å²) in [5.74, 6) is 1.12. The van der Waals surface area contributed by atoms with E-state index in [2.05, 4.69) is 31.9 Å². The van der Waals surface area contributed by atoms with Gasteiger partial charge < -0.3 is 4.74 Å². The first-order chi connectivity index (χ1) is 12.7. The van der Waals surface area contributed by atoms with Crippen LogP contribution in [0, 0.1) is 0 Å². The van der Waals surface area contributed by atoms with E-state index < -0.39 is 0 Å². The van der Waals surface area contributed by atoms with Crippen molar-refractivity contribution in [2.45, 2.75) is 6.17 Å². The van der Waals surface area contributed by atoms with Crippen molar-refractivity contribution in [3.63, 3.8) is 0 Å². The zero-order valence-electron chi connectivity index (χ0n) is 13.6. The van der Waals surface area contributed by atoms with E-state index in [1.165, 1.54) is 0 Å². The Morgan fingerprint density at radius 3 is 1.81 bits per heavy atom. The van der Waals surface area contributed by atoms with E-state index in [1.807, 2.05) is 78.9 Å². The van der Waals surface area contributed by atoms with Gasteiger partial charge in [-0.2, -0.15) is 0 Å². The van der Waals surface area contributed by atoms with E-state index in [1.54, 1.807) is 0 Å². The Bertz CT molecular complexity index is 965. The van der Waals surface area contributed by atoms with Crippen LogP contribution in [-0.2, 0) is 4.74 Å². The van der Waals surface area contributed by atoms with Crippen molar-refractivity contribution in [2.24, 2.45) is 9.98 Å². The van der Waals surface area contributed by atoms with Gasteiger partial charge >= 0.3 is 0 Å². The summed E-state index contributed by atoms with van der Waals surface area (Å²) in [7, 11) is 0. The molecule has 1 heterocycles. The van der Waals surface area contributed by atoms with Gasteiger partial charge in [-0.1, -0.05) is 80.4 Å². The Morgan fingerprint density at radius 1 is 0.654 bits per heavy atom. The summed E-state index contributed by atoms with van der Waals surface area (Å²) in [6.07, 6.45) is -0.340. The van der Waals surface area contributed by atoms with E-state index in [0.29, 0.717) is 11.8 Å². The molecule has 0 radical (unpaired) electrons. The standard InChI is InChI=1S/C21H14Br2N2O/c22-17-11-16(12-18(23)13-17)21-25-19(14-7-3-1-4-8-14)24-20(26-21)15-9-5-2-6-10-15/h1-13,19H. The van der Waals surface area contributed by atoms with Crippen molar-refractivity contribution in [1.29, 1.82) is 0 Å². The normalized spacial score (nSPS) is 16.5. The second kappa shape index (κ2) is 7.56. The predicted octanol–water partition coefficient (Wildman–Crippen LogP) is 6.13. The third-order valence-corrected chi connectivity index (χ3v) is 4.82. The van der Waals surface area contributed by atoms with Crippen molar-refractivity contribution in [1.82, 2.24) is 0 Å². The number of hydrogen-bond acceptors (Lipinski definition) is 3. The molecule has 26 heavy (non-hydrogen) atoms. The Hall–Kier alpha value is -2.24. The summed E-state index contributed by atoms with van der Waals surface area (Å²) in [5.41, 5.74) is 2.83. The van der Waals surface area contributed by atoms with Gasteiger partial charge in [0.2, 0.25) is 11.8 Å². The molecule has 0 fully saturated rings. The molecule has 0 saturated heterocycles. The van der Waals surface area contributed by atoms with E-state index in [-0.39, 0.29) is 6.17 Å². The molecular weight excluding hydrogens is 456 g/mol. The SMILES string of the molecule is Brc1cc(Br)cc(C2=NC(c3ccccc3)N=C(c3ccccc3)O2)c1. The maximum atomic E-state index is 6.08. The summed E-state index contributed by atoms with van der Waals surface area (Å²) in [5, 5.41) is 0. The maximum Gasteiger partial charge on any atom is 0.226 e. The number of benzene rings is 3. The van der Waals surface area contributed by atoms with Crippen LogP contribution in [-0.4, -0.2) is 11.8 Å². The highest BCUT2D eigenvalue weighted by Crippen LogP contribution is 2.28. The van der Waals surface area contributed by atoms with Gasteiger partial charge in [0.05, 0.1) is 0 Å². The molecule has 3 nitrogen and oxygen atoms in total. The molecule has 0 aliphatic carbocycles. The van der Waals surface area contributed by atoms with Gasteiger partial charge in [-0.3, -0.25) is 0 Å². The van der Waals surface area contributed by atoms with Gasteiger partial charge in [0, 0.05) is 20.1 Å². The molecule has 128 valence electrons. The molecule has 0 N–H and O–H groups in total. The topological polar surface area (TPSA) is 34.0 Å². The van der Waals surface area contributed by atoms with Crippen LogP contribution in [0.1, 0.15) is 22.9 Å². The molecule has 3 aromatic rings. The number of ether oxygens (including phenoxy) is 1. The van der Waals surface area contributed by atoms with Crippen LogP contribution >= 0.6 is 31.9 Å². The van der Waals surface area contributed by atoms with Crippen molar-refractivity contribution < 1.29 is 4.74 Å². The molecule has 0 bridgehead atoms. The summed E-state index contributed by atoms with van der Waals surface area (Å²) >= 11 is 7.06.